The molecule has 0 aliphatic carbocycles. The minimum Gasteiger partial charge on any atom is -0.337 e. The maximum absolute atomic E-state index is 12.2. The molecule has 0 aliphatic heterocycles. The Hall–Kier alpha value is -2.67. The third kappa shape index (κ3) is 3.24. The molecule has 118 valence electrons. The second-order valence-electron chi connectivity index (χ2n) is 5.21. The topological polar surface area (TPSA) is 87.2 Å². The number of hydrazone groups is 1. The Morgan fingerprint density at radius 1 is 1.13 bits per heavy atom. The van der Waals surface area contributed by atoms with Crippen molar-refractivity contribution in [2.45, 2.75) is 18.7 Å². The van der Waals surface area contributed by atoms with E-state index in [0.717, 1.165) is 16.6 Å². The highest BCUT2D eigenvalue weighted by Crippen LogP contribution is 2.12. The molecule has 7 heteroatoms. The van der Waals surface area contributed by atoms with Crippen molar-refractivity contribution in [1.82, 2.24) is 14.8 Å². The zero-order chi connectivity index (χ0) is 16.4. The van der Waals surface area contributed by atoms with Gasteiger partial charge in [0, 0.05) is 0 Å². The summed E-state index contributed by atoms with van der Waals surface area (Å²) in [4.78, 5) is 9.89. The molecular formula is C16H16N4O2S. The van der Waals surface area contributed by atoms with Crippen LogP contribution in [0.2, 0.25) is 0 Å². The third-order valence-electron chi connectivity index (χ3n) is 3.40. The number of fused-ring (bicyclic) bond motifs is 1. The average molecular weight is 328 g/mol. The van der Waals surface area contributed by atoms with E-state index in [2.05, 4.69) is 19.9 Å². The van der Waals surface area contributed by atoms with Gasteiger partial charge in [-0.1, -0.05) is 29.8 Å². The number of aromatic amines is 1. The van der Waals surface area contributed by atoms with Gasteiger partial charge in [0.1, 0.15) is 5.71 Å². The predicted molar refractivity (Wildman–Crippen MR) is 89.8 cm³/mol. The van der Waals surface area contributed by atoms with Gasteiger partial charge < -0.3 is 4.98 Å². The molecule has 0 amide bonds. The molecule has 0 unspecified atom stereocenters. The summed E-state index contributed by atoms with van der Waals surface area (Å²) in [6.07, 6.45) is 0. The van der Waals surface area contributed by atoms with E-state index in [1.54, 1.807) is 31.2 Å². The zero-order valence-electron chi connectivity index (χ0n) is 12.7. The quantitative estimate of drug-likeness (QED) is 0.570. The maximum atomic E-state index is 12.2. The van der Waals surface area contributed by atoms with Crippen molar-refractivity contribution in [3.8, 4) is 0 Å². The van der Waals surface area contributed by atoms with Gasteiger partial charge in [-0.25, -0.2) is 4.98 Å². The lowest BCUT2D eigenvalue weighted by atomic mass is 10.2. The van der Waals surface area contributed by atoms with E-state index < -0.39 is 10.0 Å². The molecule has 6 nitrogen and oxygen atoms in total. The summed E-state index contributed by atoms with van der Waals surface area (Å²) in [5.41, 5.74) is 3.12. The number of rotatable bonds is 4. The first-order valence-corrected chi connectivity index (χ1v) is 8.52. The molecule has 0 saturated carbocycles. The summed E-state index contributed by atoms with van der Waals surface area (Å²) in [6.45, 7) is 3.59. The third-order valence-corrected chi connectivity index (χ3v) is 4.62. The van der Waals surface area contributed by atoms with Gasteiger partial charge >= 0.3 is 0 Å². The van der Waals surface area contributed by atoms with E-state index in [1.807, 2.05) is 31.2 Å². The Bertz CT molecular complexity index is 940. The van der Waals surface area contributed by atoms with Crippen molar-refractivity contribution < 1.29 is 8.42 Å². The number of nitrogens with one attached hydrogen (secondary N) is 2. The number of nitrogens with zero attached hydrogens (tertiary/aromatic N) is 2. The van der Waals surface area contributed by atoms with Crippen LogP contribution in [0.25, 0.3) is 11.0 Å². The molecule has 0 aliphatic rings. The molecule has 3 aromatic rings. The first-order chi connectivity index (χ1) is 11.0. The number of imidazole rings is 1. The fourth-order valence-electron chi connectivity index (χ4n) is 2.08. The summed E-state index contributed by atoms with van der Waals surface area (Å²) in [7, 11) is -3.69. The van der Waals surface area contributed by atoms with Crippen molar-refractivity contribution in [2.75, 3.05) is 0 Å². The van der Waals surface area contributed by atoms with Gasteiger partial charge in [0.05, 0.1) is 15.9 Å². The Kier molecular flexibility index (Phi) is 3.87. The van der Waals surface area contributed by atoms with Crippen molar-refractivity contribution in [1.29, 1.82) is 0 Å². The minimum atomic E-state index is -3.69. The number of hydrogen-bond donors (Lipinski definition) is 2. The van der Waals surface area contributed by atoms with Gasteiger partial charge in [-0.05, 0) is 38.1 Å². The fraction of sp³-hybridized carbons (Fsp3) is 0.125. The molecule has 23 heavy (non-hydrogen) atoms. The molecule has 3 rings (SSSR count). The van der Waals surface area contributed by atoms with Gasteiger partial charge in [0.25, 0.3) is 10.0 Å². The lowest BCUT2D eigenvalue weighted by Crippen LogP contribution is -2.20. The van der Waals surface area contributed by atoms with Crippen LogP contribution in [0.3, 0.4) is 0 Å². The lowest BCUT2D eigenvalue weighted by molar-refractivity contribution is 0.584. The smallest absolute Gasteiger partial charge is 0.276 e. The van der Waals surface area contributed by atoms with Crippen LogP contribution in [0.5, 0.6) is 0 Å². The van der Waals surface area contributed by atoms with Crippen molar-refractivity contribution >= 4 is 26.8 Å². The van der Waals surface area contributed by atoms with Crippen LogP contribution < -0.4 is 4.83 Å². The van der Waals surface area contributed by atoms with Crippen LogP contribution in [-0.4, -0.2) is 24.1 Å². The summed E-state index contributed by atoms with van der Waals surface area (Å²) < 4.78 is 24.4. The van der Waals surface area contributed by atoms with Crippen LogP contribution in [0, 0.1) is 6.92 Å². The molecule has 0 spiro atoms. The molecule has 2 N–H and O–H groups in total. The first-order valence-electron chi connectivity index (χ1n) is 7.03. The normalized spacial score (nSPS) is 12.5. The van der Waals surface area contributed by atoms with Crippen LogP contribution in [-0.2, 0) is 10.0 Å². The van der Waals surface area contributed by atoms with Crippen LogP contribution >= 0.6 is 0 Å². The van der Waals surface area contributed by atoms with E-state index in [4.69, 9.17) is 0 Å². The SMILES string of the molecule is C/C(=N\NS(=O)(=O)c1ccc(C)cc1)c1nc2ccccc2[nH]1. The maximum Gasteiger partial charge on any atom is 0.276 e. The molecule has 0 atom stereocenters. The summed E-state index contributed by atoms with van der Waals surface area (Å²) in [6, 6.07) is 14.1. The molecule has 0 bridgehead atoms. The second-order valence-corrected chi connectivity index (χ2v) is 6.87. The van der Waals surface area contributed by atoms with Crippen LogP contribution in [0.15, 0.2) is 58.5 Å². The van der Waals surface area contributed by atoms with E-state index >= 15 is 0 Å². The van der Waals surface area contributed by atoms with Crippen LogP contribution in [0.4, 0.5) is 0 Å². The Balaban J connectivity index is 1.84. The molecule has 0 saturated heterocycles. The Labute approximate surface area is 134 Å². The minimum absolute atomic E-state index is 0.171. The lowest BCUT2D eigenvalue weighted by Gasteiger charge is -2.04. The fourth-order valence-corrected chi connectivity index (χ4v) is 2.93. The van der Waals surface area contributed by atoms with Crippen molar-refractivity contribution in [2.24, 2.45) is 5.10 Å². The zero-order valence-corrected chi connectivity index (χ0v) is 13.6. The highest BCUT2D eigenvalue weighted by Gasteiger charge is 2.13. The molecule has 1 heterocycles. The average Bonchev–Trinajstić information content (AvgIpc) is 2.97. The number of para-hydroxylation sites is 2. The number of aromatic nitrogens is 2. The van der Waals surface area contributed by atoms with Crippen LogP contribution in [0.1, 0.15) is 18.3 Å². The molecule has 1 aromatic heterocycles. The van der Waals surface area contributed by atoms with Gasteiger partial charge in [0.15, 0.2) is 5.82 Å². The first kappa shape index (κ1) is 15.2. The van der Waals surface area contributed by atoms with Gasteiger partial charge in [0.2, 0.25) is 0 Å². The number of aryl methyl sites for hydroxylation is 1. The number of hydrogen-bond acceptors (Lipinski definition) is 4. The number of benzene rings is 2. The molecule has 0 radical (unpaired) electrons. The van der Waals surface area contributed by atoms with E-state index in [9.17, 15) is 8.42 Å². The van der Waals surface area contributed by atoms with E-state index in [-0.39, 0.29) is 4.90 Å². The Morgan fingerprint density at radius 3 is 2.52 bits per heavy atom. The largest absolute Gasteiger partial charge is 0.337 e. The van der Waals surface area contributed by atoms with Crippen molar-refractivity contribution in [3.63, 3.8) is 0 Å². The molecule has 0 fully saturated rings. The monoisotopic (exact) mass is 328 g/mol. The number of H-pyrrole nitrogens is 1. The van der Waals surface area contributed by atoms with Gasteiger partial charge in [-0.2, -0.15) is 18.4 Å². The highest BCUT2D eigenvalue weighted by molar-refractivity contribution is 7.89. The van der Waals surface area contributed by atoms with Crippen molar-refractivity contribution in [3.05, 3.63) is 59.9 Å². The second kappa shape index (κ2) is 5.85. The van der Waals surface area contributed by atoms with Gasteiger partial charge in [-0.15, -0.1) is 0 Å². The van der Waals surface area contributed by atoms with E-state index in [1.165, 1.54) is 0 Å². The predicted octanol–water partition coefficient (Wildman–Crippen LogP) is 2.57. The Morgan fingerprint density at radius 2 is 1.83 bits per heavy atom. The molecule has 2 aromatic carbocycles. The van der Waals surface area contributed by atoms with Gasteiger partial charge in [-0.3, -0.25) is 0 Å². The standard InChI is InChI=1S/C16H16N4O2S/c1-11-7-9-13(10-8-11)23(21,22)20-19-12(2)16-17-14-5-3-4-6-15(14)18-16/h3-10,20H,1-2H3,(H,17,18)/b19-12+. The highest BCUT2D eigenvalue weighted by atomic mass is 32.2. The number of sulfonamides is 1. The summed E-state index contributed by atoms with van der Waals surface area (Å²) in [5, 5.41) is 3.95. The molecular weight excluding hydrogens is 312 g/mol. The summed E-state index contributed by atoms with van der Waals surface area (Å²) >= 11 is 0. The van der Waals surface area contributed by atoms with E-state index in [0.29, 0.717) is 11.5 Å². The summed E-state index contributed by atoms with van der Waals surface area (Å²) in [5.74, 6) is 0.526.